The Hall–Kier alpha value is -1.53. The van der Waals surface area contributed by atoms with Crippen LogP contribution >= 0.6 is 11.8 Å². The van der Waals surface area contributed by atoms with Crippen LogP contribution in [0.25, 0.3) is 0 Å². The summed E-state index contributed by atoms with van der Waals surface area (Å²) in [5.41, 5.74) is 1.06. The second kappa shape index (κ2) is 6.49. The molecular formula is C15H19N3O2S. The minimum Gasteiger partial charge on any atom is -0.376 e. The van der Waals surface area contributed by atoms with E-state index in [0.717, 1.165) is 24.6 Å². The number of hydrogen-bond donors (Lipinski definition) is 1. The van der Waals surface area contributed by atoms with Gasteiger partial charge in [-0.25, -0.2) is 9.89 Å². The first kappa shape index (κ1) is 14.4. The molecule has 0 spiro atoms. The molecule has 2 atom stereocenters. The molecule has 21 heavy (non-hydrogen) atoms. The average molecular weight is 305 g/mol. The minimum absolute atomic E-state index is 0.131. The van der Waals surface area contributed by atoms with Gasteiger partial charge in [-0.2, -0.15) is 0 Å². The first-order chi connectivity index (χ1) is 10.2. The van der Waals surface area contributed by atoms with E-state index in [9.17, 15) is 4.79 Å². The Labute approximate surface area is 127 Å². The number of rotatable bonds is 5. The first-order valence-corrected chi connectivity index (χ1v) is 8.10. The molecule has 1 aliphatic heterocycles. The van der Waals surface area contributed by atoms with E-state index in [1.807, 2.05) is 18.2 Å². The maximum Gasteiger partial charge on any atom is 0.344 e. The van der Waals surface area contributed by atoms with Crippen LogP contribution in [0.3, 0.4) is 0 Å². The summed E-state index contributed by atoms with van der Waals surface area (Å²) in [5, 5.41) is 7.67. The maximum atomic E-state index is 11.9. The zero-order chi connectivity index (χ0) is 14.7. The van der Waals surface area contributed by atoms with Crippen molar-refractivity contribution in [3.8, 4) is 0 Å². The largest absolute Gasteiger partial charge is 0.376 e. The van der Waals surface area contributed by atoms with Crippen LogP contribution < -0.4 is 5.69 Å². The summed E-state index contributed by atoms with van der Waals surface area (Å²) < 4.78 is 7.31. The minimum atomic E-state index is -0.159. The van der Waals surface area contributed by atoms with Gasteiger partial charge >= 0.3 is 5.69 Å². The molecule has 2 aromatic rings. The summed E-state index contributed by atoms with van der Waals surface area (Å²) in [6.07, 6.45) is 2.21. The summed E-state index contributed by atoms with van der Waals surface area (Å²) in [7, 11) is 0. The van der Waals surface area contributed by atoms with Crippen molar-refractivity contribution in [2.45, 2.75) is 42.8 Å². The molecule has 3 rings (SSSR count). The number of hydrogen-bond acceptors (Lipinski definition) is 4. The summed E-state index contributed by atoms with van der Waals surface area (Å²) in [6.45, 7) is 3.49. The number of aromatic nitrogens is 3. The molecule has 0 saturated carbocycles. The number of H-pyrrole nitrogens is 1. The van der Waals surface area contributed by atoms with Crippen molar-refractivity contribution < 1.29 is 4.74 Å². The highest BCUT2D eigenvalue weighted by atomic mass is 32.2. The van der Waals surface area contributed by atoms with E-state index in [0.29, 0.717) is 6.54 Å². The van der Waals surface area contributed by atoms with Crippen molar-refractivity contribution >= 4 is 11.8 Å². The van der Waals surface area contributed by atoms with Gasteiger partial charge in [0.1, 0.15) is 0 Å². The summed E-state index contributed by atoms with van der Waals surface area (Å²) in [6, 6.07) is 10.2. The standard InChI is InChI=1S/C15H19N3O2S/c1-11(12-6-3-2-4-7-12)21-15-17-16-14(19)18(15)10-13-8-5-9-20-13/h2-4,6-7,11,13H,5,8-10H2,1H3,(H,16,19). The molecule has 2 heterocycles. The Morgan fingerprint density at radius 2 is 2.29 bits per heavy atom. The summed E-state index contributed by atoms with van der Waals surface area (Å²) >= 11 is 1.59. The van der Waals surface area contributed by atoms with E-state index in [1.54, 1.807) is 16.3 Å². The van der Waals surface area contributed by atoms with Crippen LogP contribution in [0.2, 0.25) is 0 Å². The highest BCUT2D eigenvalue weighted by Gasteiger charge is 2.21. The van der Waals surface area contributed by atoms with Crippen molar-refractivity contribution in [3.63, 3.8) is 0 Å². The van der Waals surface area contributed by atoms with Crippen molar-refractivity contribution in [1.82, 2.24) is 14.8 Å². The lowest BCUT2D eigenvalue weighted by molar-refractivity contribution is 0.0941. The normalized spacial score (nSPS) is 19.8. The van der Waals surface area contributed by atoms with Crippen LogP contribution in [-0.4, -0.2) is 27.5 Å². The van der Waals surface area contributed by atoms with Gasteiger partial charge in [0.15, 0.2) is 5.16 Å². The second-order valence-corrected chi connectivity index (χ2v) is 6.54. The van der Waals surface area contributed by atoms with Gasteiger partial charge in [0, 0.05) is 11.9 Å². The van der Waals surface area contributed by atoms with Crippen LogP contribution in [0.4, 0.5) is 0 Å². The van der Waals surface area contributed by atoms with E-state index in [2.05, 4.69) is 29.3 Å². The maximum absolute atomic E-state index is 11.9. The molecule has 6 heteroatoms. The number of benzene rings is 1. The molecule has 1 aliphatic rings. The van der Waals surface area contributed by atoms with Crippen molar-refractivity contribution in [2.75, 3.05) is 6.61 Å². The molecule has 0 aliphatic carbocycles. The molecule has 112 valence electrons. The Bertz CT molecular complexity index is 632. The zero-order valence-corrected chi connectivity index (χ0v) is 12.8. The van der Waals surface area contributed by atoms with Crippen LogP contribution in [0.5, 0.6) is 0 Å². The van der Waals surface area contributed by atoms with Gasteiger partial charge in [0.05, 0.1) is 12.6 Å². The van der Waals surface area contributed by atoms with Crippen LogP contribution in [-0.2, 0) is 11.3 Å². The molecule has 0 amide bonds. The smallest absolute Gasteiger partial charge is 0.344 e. The van der Waals surface area contributed by atoms with Gasteiger partial charge in [-0.3, -0.25) is 4.57 Å². The van der Waals surface area contributed by atoms with E-state index in [-0.39, 0.29) is 17.0 Å². The monoisotopic (exact) mass is 305 g/mol. The summed E-state index contributed by atoms with van der Waals surface area (Å²) in [4.78, 5) is 11.9. The van der Waals surface area contributed by atoms with E-state index >= 15 is 0 Å². The average Bonchev–Trinajstić information content (AvgIpc) is 3.13. The second-order valence-electron chi connectivity index (χ2n) is 5.23. The van der Waals surface area contributed by atoms with Gasteiger partial charge in [0.2, 0.25) is 0 Å². The SMILES string of the molecule is CC(Sc1n[nH]c(=O)n1CC1CCCO1)c1ccccc1. The van der Waals surface area contributed by atoms with E-state index in [4.69, 9.17) is 4.74 Å². The fraction of sp³-hybridized carbons (Fsp3) is 0.467. The van der Waals surface area contributed by atoms with Crippen LogP contribution in [0.1, 0.15) is 30.6 Å². The van der Waals surface area contributed by atoms with Crippen molar-refractivity contribution in [1.29, 1.82) is 0 Å². The highest BCUT2D eigenvalue weighted by Crippen LogP contribution is 2.33. The molecule has 2 unspecified atom stereocenters. The number of aromatic amines is 1. The van der Waals surface area contributed by atoms with Crippen LogP contribution in [0.15, 0.2) is 40.3 Å². The van der Waals surface area contributed by atoms with Crippen molar-refractivity contribution in [3.05, 3.63) is 46.4 Å². The molecule has 0 bridgehead atoms. The topological polar surface area (TPSA) is 59.9 Å². The Morgan fingerprint density at radius 1 is 1.48 bits per heavy atom. The molecule has 5 nitrogen and oxygen atoms in total. The number of nitrogens with one attached hydrogen (secondary N) is 1. The predicted octanol–water partition coefficient (Wildman–Crippen LogP) is 2.60. The lowest BCUT2D eigenvalue weighted by Gasteiger charge is -2.14. The Kier molecular flexibility index (Phi) is 4.45. The number of thioether (sulfide) groups is 1. The fourth-order valence-corrected chi connectivity index (χ4v) is 3.49. The first-order valence-electron chi connectivity index (χ1n) is 7.22. The van der Waals surface area contributed by atoms with Gasteiger partial charge in [-0.05, 0) is 25.3 Å². The van der Waals surface area contributed by atoms with Gasteiger partial charge in [-0.1, -0.05) is 42.1 Å². The molecule has 0 radical (unpaired) electrons. The number of nitrogens with zero attached hydrogens (tertiary/aromatic N) is 2. The van der Waals surface area contributed by atoms with Gasteiger partial charge < -0.3 is 4.74 Å². The highest BCUT2D eigenvalue weighted by molar-refractivity contribution is 7.99. The van der Waals surface area contributed by atoms with E-state index in [1.165, 1.54) is 5.56 Å². The molecule has 1 N–H and O–H groups in total. The Morgan fingerprint density at radius 3 is 3.00 bits per heavy atom. The van der Waals surface area contributed by atoms with Crippen LogP contribution in [0, 0.1) is 0 Å². The molecule has 1 aromatic heterocycles. The molecule has 1 saturated heterocycles. The lowest BCUT2D eigenvalue weighted by Crippen LogP contribution is -2.25. The van der Waals surface area contributed by atoms with E-state index < -0.39 is 0 Å². The number of ether oxygens (including phenoxy) is 1. The quantitative estimate of drug-likeness (QED) is 0.863. The van der Waals surface area contributed by atoms with Gasteiger partial charge in [0.25, 0.3) is 0 Å². The molecular weight excluding hydrogens is 286 g/mol. The third-order valence-electron chi connectivity index (χ3n) is 3.68. The molecule has 1 aromatic carbocycles. The third-order valence-corrected chi connectivity index (χ3v) is 4.83. The Balaban J connectivity index is 1.74. The zero-order valence-electron chi connectivity index (χ0n) is 12.0. The third kappa shape index (κ3) is 3.39. The van der Waals surface area contributed by atoms with Crippen molar-refractivity contribution in [2.24, 2.45) is 0 Å². The van der Waals surface area contributed by atoms with Gasteiger partial charge in [-0.15, -0.1) is 5.10 Å². The summed E-state index contributed by atoms with van der Waals surface area (Å²) in [5.74, 6) is 0. The molecule has 1 fully saturated rings. The fourth-order valence-electron chi connectivity index (χ4n) is 2.50. The lowest BCUT2D eigenvalue weighted by atomic mass is 10.2. The predicted molar refractivity (Wildman–Crippen MR) is 82.5 cm³/mol.